The third-order valence-corrected chi connectivity index (χ3v) is 5.22. The second-order valence-corrected chi connectivity index (χ2v) is 16.1. The second-order valence-electron chi connectivity index (χ2n) is 16.1. The molecule has 0 aliphatic carbocycles. The Morgan fingerprint density at radius 3 is 0.537 bits per heavy atom. The first-order valence-corrected chi connectivity index (χ1v) is 13.5. The van der Waals surface area contributed by atoms with Crippen LogP contribution in [-0.4, -0.2) is 56.9 Å². The van der Waals surface area contributed by atoms with Gasteiger partial charge in [0.15, 0.2) is 17.3 Å². The average Bonchev–Trinajstić information content (AvgIpc) is 2.64. The second kappa shape index (κ2) is 17.9. The van der Waals surface area contributed by atoms with E-state index in [1.165, 1.54) is 18.2 Å². The Bertz CT molecular complexity index is 806. The largest absolute Gasteiger partial charge is 3.00 e. The number of allylic oxidation sites excluding steroid dienone is 6. The SMILES string of the molecule is CC(C)(C)C(=O)/C=C(\[O-])C(C)(C)C.CC(C)(C)C(=O)/C=C(\[O-])C(C)(C)C.CC(C)(C)C(=O)/C=C(\[O-])C(C)(C)C.[Ga+3].[Ga+3]. The van der Waals surface area contributed by atoms with Crippen LogP contribution in [0.2, 0.25) is 0 Å². The number of hydrogen-bond acceptors (Lipinski definition) is 6. The third-order valence-electron chi connectivity index (χ3n) is 5.22. The summed E-state index contributed by atoms with van der Waals surface area (Å²) in [7, 11) is 0. The molecule has 6 nitrogen and oxygen atoms in total. The molecule has 0 aromatic heterocycles. The van der Waals surface area contributed by atoms with E-state index < -0.39 is 32.5 Å². The minimum Gasteiger partial charge on any atom is -0.875 e. The van der Waals surface area contributed by atoms with Crippen molar-refractivity contribution in [1.82, 2.24) is 0 Å². The minimum absolute atomic E-state index is 0. The van der Waals surface area contributed by atoms with Crippen LogP contribution in [0.4, 0.5) is 0 Å². The van der Waals surface area contributed by atoms with Gasteiger partial charge in [0.2, 0.25) is 0 Å². The van der Waals surface area contributed by atoms with Crippen molar-refractivity contribution in [3.8, 4) is 0 Å². The van der Waals surface area contributed by atoms with Crippen molar-refractivity contribution in [3.05, 3.63) is 35.5 Å². The molecule has 0 radical (unpaired) electrons. The molecule has 0 unspecified atom stereocenters. The zero-order valence-corrected chi connectivity index (χ0v) is 34.2. The molecule has 0 bridgehead atoms. The van der Waals surface area contributed by atoms with E-state index in [1.54, 1.807) is 0 Å². The summed E-state index contributed by atoms with van der Waals surface area (Å²) in [6.45, 7) is 32.5. The fourth-order valence-electron chi connectivity index (χ4n) is 1.66. The van der Waals surface area contributed by atoms with E-state index in [-0.39, 0.29) is 74.2 Å². The number of carbonyl (C=O) groups is 3. The molecular formula is C33H57Ga2O6+3. The molecule has 0 spiro atoms. The molecule has 0 atom stereocenters. The normalized spacial score (nSPS) is 13.8. The van der Waals surface area contributed by atoms with Crippen molar-refractivity contribution < 1.29 is 29.7 Å². The first-order chi connectivity index (χ1) is 16.6. The van der Waals surface area contributed by atoms with Gasteiger partial charge in [0.1, 0.15) is 0 Å². The average molecular weight is 689 g/mol. The van der Waals surface area contributed by atoms with Crippen LogP contribution in [0.25, 0.3) is 0 Å². The van der Waals surface area contributed by atoms with Crippen molar-refractivity contribution in [2.24, 2.45) is 32.5 Å². The van der Waals surface area contributed by atoms with Gasteiger partial charge in [-0.3, -0.25) is 14.4 Å². The van der Waals surface area contributed by atoms with Crippen LogP contribution in [0, 0.1) is 32.5 Å². The predicted molar refractivity (Wildman–Crippen MR) is 168 cm³/mol. The molecule has 0 saturated carbocycles. The Labute approximate surface area is 278 Å². The van der Waals surface area contributed by atoms with Gasteiger partial charge < -0.3 is 15.3 Å². The standard InChI is InChI=1S/3C11H20O2.2Ga/c3*1-10(2,3)8(12)7-9(13)11(4,5)6;;/h3*7,12H,1-6H3;;/q;;;2*+3/p-3/b3*8-7-;;. The minimum atomic E-state index is -0.457. The molecule has 8 heteroatoms. The van der Waals surface area contributed by atoms with Crippen molar-refractivity contribution >= 4 is 56.9 Å². The maximum absolute atomic E-state index is 11.4. The quantitative estimate of drug-likeness (QED) is 0.236. The van der Waals surface area contributed by atoms with E-state index >= 15 is 0 Å². The number of carbonyl (C=O) groups excluding carboxylic acids is 3. The first kappa shape index (κ1) is 49.6. The molecule has 0 fully saturated rings. The zero-order valence-electron chi connectivity index (χ0n) is 29.3. The molecule has 0 aromatic carbocycles. The summed E-state index contributed by atoms with van der Waals surface area (Å²) in [5, 5.41) is 34.3. The van der Waals surface area contributed by atoms with Crippen LogP contribution in [0.5, 0.6) is 0 Å². The van der Waals surface area contributed by atoms with Crippen LogP contribution in [0.3, 0.4) is 0 Å². The van der Waals surface area contributed by atoms with Gasteiger partial charge in [0, 0.05) is 16.2 Å². The predicted octanol–water partition coefficient (Wildman–Crippen LogP) is 4.91. The van der Waals surface area contributed by atoms with Crippen LogP contribution < -0.4 is 15.3 Å². The van der Waals surface area contributed by atoms with Gasteiger partial charge in [0.25, 0.3) is 0 Å². The summed E-state index contributed by atoms with van der Waals surface area (Å²) in [6.07, 6.45) is 3.67. The summed E-state index contributed by atoms with van der Waals surface area (Å²) >= 11 is 0. The van der Waals surface area contributed by atoms with E-state index in [2.05, 4.69) is 0 Å². The summed E-state index contributed by atoms with van der Waals surface area (Å²) in [4.78, 5) is 34.3. The van der Waals surface area contributed by atoms with Gasteiger partial charge in [-0.15, -0.1) is 17.3 Å². The number of rotatable bonds is 3. The van der Waals surface area contributed by atoms with E-state index in [4.69, 9.17) is 0 Å². The maximum Gasteiger partial charge on any atom is 3.00 e. The Morgan fingerprint density at radius 1 is 0.341 bits per heavy atom. The molecule has 0 amide bonds. The molecule has 0 N–H and O–H groups in total. The molecule has 0 saturated heterocycles. The van der Waals surface area contributed by atoms with E-state index in [1.807, 2.05) is 125 Å². The number of ketones is 3. The van der Waals surface area contributed by atoms with Gasteiger partial charge in [-0.2, -0.15) is 0 Å². The van der Waals surface area contributed by atoms with E-state index in [9.17, 15) is 29.7 Å². The molecule has 0 rings (SSSR count). The fraction of sp³-hybridized carbons (Fsp3) is 0.727. The van der Waals surface area contributed by atoms with Crippen LogP contribution in [0.15, 0.2) is 35.5 Å². The fourth-order valence-corrected chi connectivity index (χ4v) is 1.66. The van der Waals surface area contributed by atoms with Crippen LogP contribution in [-0.2, 0) is 14.4 Å². The van der Waals surface area contributed by atoms with Gasteiger partial charge >= 0.3 is 39.6 Å². The summed E-state index contributed by atoms with van der Waals surface area (Å²) < 4.78 is 0. The van der Waals surface area contributed by atoms with E-state index in [0.717, 1.165) is 0 Å². The summed E-state index contributed by atoms with van der Waals surface area (Å²) in [5.74, 6) is -0.625. The molecular weight excluding hydrogens is 632 g/mol. The first-order valence-electron chi connectivity index (χ1n) is 13.5. The van der Waals surface area contributed by atoms with Gasteiger partial charge in [0.05, 0.1) is 0 Å². The Kier molecular flexibility index (Phi) is 21.6. The zero-order chi connectivity index (χ0) is 32.6. The molecule has 228 valence electrons. The molecule has 0 aliphatic heterocycles. The summed E-state index contributed by atoms with van der Waals surface area (Å²) in [5.41, 5.74) is -2.74. The van der Waals surface area contributed by atoms with E-state index in [0.29, 0.717) is 0 Å². The monoisotopic (exact) mass is 687 g/mol. The molecule has 41 heavy (non-hydrogen) atoms. The Balaban J connectivity index is -0.000000154. The summed E-state index contributed by atoms with van der Waals surface area (Å²) in [6, 6.07) is 0. The van der Waals surface area contributed by atoms with Gasteiger partial charge in [-0.25, -0.2) is 0 Å². The molecule has 0 aromatic rings. The Morgan fingerprint density at radius 2 is 0.463 bits per heavy atom. The van der Waals surface area contributed by atoms with Crippen LogP contribution >= 0.6 is 0 Å². The maximum atomic E-state index is 11.4. The topological polar surface area (TPSA) is 120 Å². The van der Waals surface area contributed by atoms with Gasteiger partial charge in [-0.05, 0) is 34.5 Å². The number of hydrogen-bond donors (Lipinski definition) is 0. The molecule has 0 heterocycles. The smallest absolute Gasteiger partial charge is 0.875 e. The van der Waals surface area contributed by atoms with Crippen molar-refractivity contribution in [1.29, 1.82) is 0 Å². The van der Waals surface area contributed by atoms with Crippen molar-refractivity contribution in [3.63, 3.8) is 0 Å². The molecule has 0 aliphatic rings. The van der Waals surface area contributed by atoms with Gasteiger partial charge in [-0.1, -0.05) is 125 Å². The Hall–Kier alpha value is -1.10. The van der Waals surface area contributed by atoms with Crippen LogP contribution in [0.1, 0.15) is 125 Å². The third kappa shape index (κ3) is 24.1. The van der Waals surface area contributed by atoms with Crippen molar-refractivity contribution in [2.75, 3.05) is 0 Å². The van der Waals surface area contributed by atoms with Crippen molar-refractivity contribution in [2.45, 2.75) is 125 Å².